The predicted molar refractivity (Wildman–Crippen MR) is 74.9 cm³/mol. The summed E-state index contributed by atoms with van der Waals surface area (Å²) in [4.78, 5) is 13.3. The number of hydrogen-bond donors (Lipinski definition) is 1. The van der Waals surface area contributed by atoms with Crippen molar-refractivity contribution in [3.05, 3.63) is 23.8 Å². The summed E-state index contributed by atoms with van der Waals surface area (Å²) in [5.41, 5.74) is 1.12. The minimum Gasteiger partial charge on any atom is -0.497 e. The molecule has 1 saturated heterocycles. The largest absolute Gasteiger partial charge is 0.497 e. The third-order valence-corrected chi connectivity index (χ3v) is 3.78. The number of carboxylic acid groups (broad SMARTS) is 1. The van der Waals surface area contributed by atoms with Crippen LogP contribution in [0.5, 0.6) is 5.75 Å². The molecule has 0 bridgehead atoms. The highest BCUT2D eigenvalue weighted by molar-refractivity contribution is 5.80. The molecule has 0 aromatic heterocycles. The van der Waals surface area contributed by atoms with Gasteiger partial charge in [-0.2, -0.15) is 5.26 Å². The highest BCUT2D eigenvalue weighted by atomic mass is 16.5. The number of carboxylic acids is 1. The molecule has 2 atom stereocenters. The van der Waals surface area contributed by atoms with Gasteiger partial charge in [-0.15, -0.1) is 0 Å². The molecule has 0 spiro atoms. The van der Waals surface area contributed by atoms with Crippen molar-refractivity contribution in [3.8, 4) is 11.8 Å². The van der Waals surface area contributed by atoms with E-state index >= 15 is 0 Å². The molecule has 1 fully saturated rings. The van der Waals surface area contributed by atoms with E-state index < -0.39 is 12.0 Å². The molecule has 0 saturated carbocycles. The van der Waals surface area contributed by atoms with Crippen molar-refractivity contribution in [1.82, 2.24) is 0 Å². The van der Waals surface area contributed by atoms with Gasteiger partial charge in [0.2, 0.25) is 0 Å². The maximum absolute atomic E-state index is 11.5. The number of benzene rings is 1. The van der Waals surface area contributed by atoms with Gasteiger partial charge in [-0.1, -0.05) is 6.92 Å². The fourth-order valence-corrected chi connectivity index (χ4v) is 2.63. The van der Waals surface area contributed by atoms with Crippen molar-refractivity contribution in [2.45, 2.75) is 25.8 Å². The van der Waals surface area contributed by atoms with Crippen LogP contribution in [0.4, 0.5) is 5.69 Å². The van der Waals surface area contributed by atoms with Gasteiger partial charge in [-0.3, -0.25) is 0 Å². The van der Waals surface area contributed by atoms with Gasteiger partial charge in [0, 0.05) is 12.6 Å². The van der Waals surface area contributed by atoms with Gasteiger partial charge in [0.15, 0.2) is 0 Å². The summed E-state index contributed by atoms with van der Waals surface area (Å²) < 4.78 is 5.18. The third kappa shape index (κ3) is 2.69. The number of anilines is 1. The summed E-state index contributed by atoms with van der Waals surface area (Å²) >= 11 is 0. The molecule has 5 nitrogen and oxygen atoms in total. The Morgan fingerprint density at radius 3 is 2.90 bits per heavy atom. The smallest absolute Gasteiger partial charge is 0.326 e. The maximum atomic E-state index is 11.5. The van der Waals surface area contributed by atoms with Gasteiger partial charge in [0.25, 0.3) is 0 Å². The van der Waals surface area contributed by atoms with Gasteiger partial charge in [0.05, 0.1) is 18.4 Å². The van der Waals surface area contributed by atoms with Crippen LogP contribution in [-0.2, 0) is 4.79 Å². The monoisotopic (exact) mass is 274 g/mol. The second-order valence-corrected chi connectivity index (χ2v) is 5.17. The Kier molecular flexibility index (Phi) is 4.14. The van der Waals surface area contributed by atoms with Crippen molar-refractivity contribution in [3.63, 3.8) is 0 Å². The molecule has 0 amide bonds. The van der Waals surface area contributed by atoms with Gasteiger partial charge >= 0.3 is 5.97 Å². The van der Waals surface area contributed by atoms with Crippen LogP contribution in [0.1, 0.15) is 25.3 Å². The molecule has 1 heterocycles. The van der Waals surface area contributed by atoms with E-state index in [2.05, 4.69) is 13.0 Å². The zero-order valence-corrected chi connectivity index (χ0v) is 11.7. The summed E-state index contributed by atoms with van der Waals surface area (Å²) in [6.45, 7) is 2.70. The van der Waals surface area contributed by atoms with Crippen LogP contribution in [0.15, 0.2) is 18.2 Å². The fraction of sp³-hybridized carbons (Fsp3) is 0.467. The zero-order chi connectivity index (χ0) is 14.7. The molecular formula is C15H18N2O3. The quantitative estimate of drug-likeness (QED) is 0.915. The highest BCUT2D eigenvalue weighted by Crippen LogP contribution is 2.32. The lowest BCUT2D eigenvalue weighted by Gasteiger charge is -2.38. The minimum atomic E-state index is -0.844. The van der Waals surface area contributed by atoms with Crippen LogP contribution in [0.25, 0.3) is 0 Å². The van der Waals surface area contributed by atoms with Gasteiger partial charge in [-0.05, 0) is 30.9 Å². The van der Waals surface area contributed by atoms with Gasteiger partial charge in [-0.25, -0.2) is 4.79 Å². The topological polar surface area (TPSA) is 73.6 Å². The van der Waals surface area contributed by atoms with Crippen LogP contribution < -0.4 is 9.64 Å². The Hall–Kier alpha value is -2.22. The lowest BCUT2D eigenvalue weighted by atomic mass is 9.91. The van der Waals surface area contributed by atoms with Crippen molar-refractivity contribution >= 4 is 11.7 Å². The summed E-state index contributed by atoms with van der Waals surface area (Å²) in [7, 11) is 1.55. The molecule has 1 aromatic carbocycles. The van der Waals surface area contributed by atoms with E-state index in [1.54, 1.807) is 25.3 Å². The van der Waals surface area contributed by atoms with Crippen molar-refractivity contribution in [1.29, 1.82) is 5.26 Å². The van der Waals surface area contributed by atoms with Gasteiger partial charge in [0.1, 0.15) is 17.9 Å². The van der Waals surface area contributed by atoms with Crippen LogP contribution in [0.2, 0.25) is 0 Å². The Bertz CT molecular complexity index is 551. The summed E-state index contributed by atoms with van der Waals surface area (Å²) in [6.07, 6.45) is 1.52. The SMILES string of the molecule is COc1ccc(C#N)c(N2CCC(C)CC2C(=O)O)c1. The first-order chi connectivity index (χ1) is 9.56. The minimum absolute atomic E-state index is 0.378. The molecule has 20 heavy (non-hydrogen) atoms. The van der Waals surface area contributed by atoms with Crippen molar-refractivity contribution in [2.24, 2.45) is 5.92 Å². The number of methoxy groups -OCH3 is 1. The van der Waals surface area contributed by atoms with Crippen LogP contribution in [-0.4, -0.2) is 30.8 Å². The predicted octanol–water partition coefficient (Wildman–Crippen LogP) is 2.26. The molecular weight excluding hydrogens is 256 g/mol. The Morgan fingerprint density at radius 2 is 2.30 bits per heavy atom. The number of nitriles is 1. The van der Waals surface area contributed by atoms with Crippen LogP contribution >= 0.6 is 0 Å². The lowest BCUT2D eigenvalue weighted by Crippen LogP contribution is -2.47. The van der Waals surface area contributed by atoms with E-state index in [1.165, 1.54) is 0 Å². The number of hydrogen-bond acceptors (Lipinski definition) is 4. The van der Waals surface area contributed by atoms with E-state index in [-0.39, 0.29) is 0 Å². The van der Waals surface area contributed by atoms with Gasteiger partial charge < -0.3 is 14.7 Å². The molecule has 1 aliphatic rings. The van der Waals surface area contributed by atoms with Crippen LogP contribution in [0, 0.1) is 17.2 Å². The first kappa shape index (κ1) is 14.2. The third-order valence-electron chi connectivity index (χ3n) is 3.78. The van der Waals surface area contributed by atoms with E-state index in [0.29, 0.717) is 35.9 Å². The van der Waals surface area contributed by atoms with Crippen molar-refractivity contribution in [2.75, 3.05) is 18.6 Å². The number of carbonyl (C=O) groups is 1. The standard InChI is InChI=1S/C15H18N2O3/c1-10-5-6-17(14(7-10)15(18)19)13-8-12(20-2)4-3-11(13)9-16/h3-4,8,10,14H,5-7H2,1-2H3,(H,18,19). The average Bonchev–Trinajstić information content (AvgIpc) is 2.46. The number of rotatable bonds is 3. The maximum Gasteiger partial charge on any atom is 0.326 e. The summed E-state index contributed by atoms with van der Waals surface area (Å²) in [5, 5.41) is 18.6. The first-order valence-electron chi connectivity index (χ1n) is 6.64. The zero-order valence-electron chi connectivity index (χ0n) is 11.7. The molecule has 0 radical (unpaired) electrons. The van der Waals surface area contributed by atoms with Crippen molar-refractivity contribution < 1.29 is 14.6 Å². The van der Waals surface area contributed by atoms with E-state index in [1.807, 2.05) is 4.90 Å². The number of ether oxygens (including phenoxy) is 1. The second-order valence-electron chi connectivity index (χ2n) is 5.17. The molecule has 106 valence electrons. The highest BCUT2D eigenvalue weighted by Gasteiger charge is 2.33. The molecule has 0 aliphatic carbocycles. The number of piperidine rings is 1. The number of nitrogens with zero attached hydrogens (tertiary/aromatic N) is 2. The van der Waals surface area contributed by atoms with E-state index in [0.717, 1.165) is 6.42 Å². The first-order valence-corrected chi connectivity index (χ1v) is 6.64. The average molecular weight is 274 g/mol. The van der Waals surface area contributed by atoms with Crippen LogP contribution in [0.3, 0.4) is 0 Å². The summed E-state index contributed by atoms with van der Waals surface area (Å²) in [5.74, 6) is 0.161. The molecule has 1 aromatic rings. The molecule has 5 heteroatoms. The lowest BCUT2D eigenvalue weighted by molar-refractivity contribution is -0.139. The Balaban J connectivity index is 2.42. The molecule has 2 rings (SSSR count). The Labute approximate surface area is 118 Å². The summed E-state index contributed by atoms with van der Waals surface area (Å²) in [6, 6.07) is 6.66. The fourth-order valence-electron chi connectivity index (χ4n) is 2.63. The number of aliphatic carboxylic acids is 1. The Morgan fingerprint density at radius 1 is 1.55 bits per heavy atom. The van der Waals surface area contributed by atoms with E-state index in [4.69, 9.17) is 4.74 Å². The molecule has 1 aliphatic heterocycles. The molecule has 2 unspecified atom stereocenters. The molecule has 1 N–H and O–H groups in total. The van der Waals surface area contributed by atoms with E-state index in [9.17, 15) is 15.2 Å². The normalized spacial score (nSPS) is 22.1. The second kappa shape index (κ2) is 5.83.